The van der Waals surface area contributed by atoms with Gasteiger partial charge in [0.05, 0.1) is 0 Å². The maximum atomic E-state index is 6.08. The van der Waals surface area contributed by atoms with Crippen LogP contribution in [0.25, 0.3) is 0 Å². The van der Waals surface area contributed by atoms with E-state index in [1.807, 2.05) is 42.6 Å². The van der Waals surface area contributed by atoms with Crippen LogP contribution in [0.3, 0.4) is 0 Å². The van der Waals surface area contributed by atoms with Crippen LogP contribution in [0, 0.1) is 0 Å². The summed E-state index contributed by atoms with van der Waals surface area (Å²) < 4.78 is 5.64. The van der Waals surface area contributed by atoms with E-state index in [4.69, 9.17) is 16.3 Å². The Morgan fingerprint density at radius 1 is 1.20 bits per heavy atom. The van der Waals surface area contributed by atoms with Crippen LogP contribution in [0.4, 0.5) is 0 Å². The fraction of sp³-hybridized carbons (Fsp3) is 0.312. The van der Waals surface area contributed by atoms with E-state index < -0.39 is 0 Å². The molecule has 0 aliphatic carbocycles. The van der Waals surface area contributed by atoms with Gasteiger partial charge in [-0.05, 0) is 11.6 Å². The predicted molar refractivity (Wildman–Crippen MR) is 82.0 cm³/mol. The molecule has 0 aliphatic rings. The second kappa shape index (κ2) is 7.27. The predicted octanol–water partition coefficient (Wildman–Crippen LogP) is 3.81. The summed E-state index contributed by atoms with van der Waals surface area (Å²) in [7, 11) is 0. The number of nitrogens with zero attached hydrogens (tertiary/aromatic N) is 1. The Morgan fingerprint density at radius 3 is 2.65 bits per heavy atom. The van der Waals surface area contributed by atoms with Gasteiger partial charge in [0.15, 0.2) is 0 Å². The van der Waals surface area contributed by atoms with Gasteiger partial charge in [0, 0.05) is 35.4 Å². The average Bonchev–Trinajstić information content (AvgIpc) is 2.45. The Morgan fingerprint density at radius 2 is 2.00 bits per heavy atom. The Kier molecular flexibility index (Phi) is 5.39. The molecule has 20 heavy (non-hydrogen) atoms. The molecule has 0 radical (unpaired) electrons. The van der Waals surface area contributed by atoms with Crippen molar-refractivity contribution in [2.24, 2.45) is 0 Å². The highest BCUT2D eigenvalue weighted by Crippen LogP contribution is 2.17. The summed E-state index contributed by atoms with van der Waals surface area (Å²) in [6.45, 7) is 5.48. The highest BCUT2D eigenvalue weighted by molar-refractivity contribution is 6.31. The molecule has 1 aromatic carbocycles. The molecule has 3 nitrogen and oxygen atoms in total. The fourth-order valence-electron chi connectivity index (χ4n) is 1.69. The van der Waals surface area contributed by atoms with Crippen LogP contribution in [0.2, 0.25) is 5.02 Å². The van der Waals surface area contributed by atoms with Crippen LogP contribution in [-0.2, 0) is 13.2 Å². The van der Waals surface area contributed by atoms with Crippen LogP contribution in [-0.4, -0.2) is 11.0 Å². The Bertz CT molecular complexity index is 540. The summed E-state index contributed by atoms with van der Waals surface area (Å²) in [5.41, 5.74) is 2.10. The summed E-state index contributed by atoms with van der Waals surface area (Å²) in [6.07, 6.45) is 1.83. The summed E-state index contributed by atoms with van der Waals surface area (Å²) in [5, 5.41) is 4.06. The van der Waals surface area contributed by atoms with E-state index in [1.54, 1.807) is 0 Å². The third-order valence-corrected chi connectivity index (χ3v) is 3.21. The van der Waals surface area contributed by atoms with Crippen molar-refractivity contribution in [1.82, 2.24) is 10.3 Å². The number of pyridine rings is 1. The molecule has 4 heteroatoms. The minimum absolute atomic E-state index is 0.427. The number of ether oxygens (including phenoxy) is 1. The van der Waals surface area contributed by atoms with Crippen LogP contribution >= 0.6 is 11.6 Å². The molecule has 0 saturated carbocycles. The van der Waals surface area contributed by atoms with Gasteiger partial charge in [-0.1, -0.05) is 49.7 Å². The van der Waals surface area contributed by atoms with Crippen molar-refractivity contribution in [2.45, 2.75) is 33.0 Å². The van der Waals surface area contributed by atoms with E-state index in [0.717, 1.165) is 17.7 Å². The van der Waals surface area contributed by atoms with Gasteiger partial charge in [-0.15, -0.1) is 0 Å². The van der Waals surface area contributed by atoms with Gasteiger partial charge < -0.3 is 10.1 Å². The zero-order chi connectivity index (χ0) is 14.4. The van der Waals surface area contributed by atoms with Gasteiger partial charge in [0.2, 0.25) is 5.88 Å². The molecule has 1 heterocycles. The molecule has 2 aromatic rings. The van der Waals surface area contributed by atoms with Gasteiger partial charge in [-0.25, -0.2) is 4.98 Å². The lowest BCUT2D eigenvalue weighted by atomic mass is 10.2. The highest BCUT2D eigenvalue weighted by Gasteiger charge is 2.02. The Labute approximate surface area is 124 Å². The monoisotopic (exact) mass is 290 g/mol. The van der Waals surface area contributed by atoms with E-state index in [0.29, 0.717) is 23.6 Å². The molecule has 0 aliphatic heterocycles. The second-order valence-corrected chi connectivity index (χ2v) is 5.33. The topological polar surface area (TPSA) is 34.1 Å². The van der Waals surface area contributed by atoms with Crippen molar-refractivity contribution in [2.75, 3.05) is 0 Å². The lowest BCUT2D eigenvalue weighted by Gasteiger charge is -2.09. The lowest BCUT2D eigenvalue weighted by molar-refractivity contribution is 0.294. The molecule has 1 N–H and O–H groups in total. The van der Waals surface area contributed by atoms with E-state index in [2.05, 4.69) is 24.1 Å². The van der Waals surface area contributed by atoms with Gasteiger partial charge >= 0.3 is 0 Å². The molecule has 106 valence electrons. The van der Waals surface area contributed by atoms with Gasteiger partial charge in [0.25, 0.3) is 0 Å². The van der Waals surface area contributed by atoms with Crippen molar-refractivity contribution in [3.63, 3.8) is 0 Å². The molecule has 0 saturated heterocycles. The Balaban J connectivity index is 1.89. The number of nitrogens with one attached hydrogen (secondary N) is 1. The van der Waals surface area contributed by atoms with E-state index in [1.165, 1.54) is 0 Å². The normalized spacial score (nSPS) is 10.8. The third-order valence-electron chi connectivity index (χ3n) is 2.85. The molecule has 0 unspecified atom stereocenters. The number of halogens is 1. The van der Waals surface area contributed by atoms with E-state index in [9.17, 15) is 0 Å². The first-order valence-corrected chi connectivity index (χ1v) is 7.07. The standard InChI is InChI=1S/C16H19ClN2O/c1-12(2)18-9-13-7-8-16(19-10-13)20-11-14-5-3-4-6-15(14)17/h3-8,10,12,18H,9,11H2,1-2H3. The summed E-state index contributed by atoms with van der Waals surface area (Å²) in [6, 6.07) is 12.0. The smallest absolute Gasteiger partial charge is 0.213 e. The van der Waals surface area contributed by atoms with Gasteiger partial charge in [-0.2, -0.15) is 0 Å². The molecule has 0 atom stereocenters. The lowest BCUT2D eigenvalue weighted by Crippen LogP contribution is -2.21. The molecule has 0 amide bonds. The van der Waals surface area contributed by atoms with E-state index in [-0.39, 0.29) is 0 Å². The fourth-order valence-corrected chi connectivity index (χ4v) is 1.88. The minimum atomic E-state index is 0.427. The van der Waals surface area contributed by atoms with Gasteiger partial charge in [-0.3, -0.25) is 0 Å². The van der Waals surface area contributed by atoms with Crippen molar-refractivity contribution >= 4 is 11.6 Å². The molecule has 1 aromatic heterocycles. The number of hydrogen-bond acceptors (Lipinski definition) is 3. The molecule has 0 fully saturated rings. The number of benzene rings is 1. The van der Waals surface area contributed by atoms with Crippen LogP contribution in [0.15, 0.2) is 42.6 Å². The maximum Gasteiger partial charge on any atom is 0.213 e. The van der Waals surface area contributed by atoms with Crippen molar-refractivity contribution in [3.8, 4) is 5.88 Å². The van der Waals surface area contributed by atoms with Crippen molar-refractivity contribution in [1.29, 1.82) is 0 Å². The first kappa shape index (κ1) is 14.8. The van der Waals surface area contributed by atoms with Crippen molar-refractivity contribution in [3.05, 3.63) is 58.7 Å². The van der Waals surface area contributed by atoms with Crippen LogP contribution < -0.4 is 10.1 Å². The summed E-state index contributed by atoms with van der Waals surface area (Å²) in [4.78, 5) is 4.30. The number of hydrogen-bond donors (Lipinski definition) is 1. The van der Waals surface area contributed by atoms with Crippen LogP contribution in [0.1, 0.15) is 25.0 Å². The molecule has 0 spiro atoms. The zero-order valence-electron chi connectivity index (χ0n) is 11.8. The summed E-state index contributed by atoms with van der Waals surface area (Å²) >= 11 is 6.08. The molecular weight excluding hydrogens is 272 g/mol. The van der Waals surface area contributed by atoms with Gasteiger partial charge in [0.1, 0.15) is 6.61 Å². The third kappa shape index (κ3) is 4.51. The quantitative estimate of drug-likeness (QED) is 0.878. The van der Waals surface area contributed by atoms with Crippen molar-refractivity contribution < 1.29 is 4.74 Å². The Hall–Kier alpha value is -1.58. The van der Waals surface area contributed by atoms with Crippen LogP contribution in [0.5, 0.6) is 5.88 Å². The molecule has 2 rings (SSSR count). The zero-order valence-corrected chi connectivity index (χ0v) is 12.5. The first-order valence-electron chi connectivity index (χ1n) is 6.69. The summed E-state index contributed by atoms with van der Waals surface area (Å²) in [5.74, 6) is 0.609. The molecule has 0 bridgehead atoms. The number of rotatable bonds is 6. The maximum absolute atomic E-state index is 6.08. The molecular formula is C16H19ClN2O. The highest BCUT2D eigenvalue weighted by atomic mass is 35.5. The second-order valence-electron chi connectivity index (χ2n) is 4.92. The number of aromatic nitrogens is 1. The SMILES string of the molecule is CC(C)NCc1ccc(OCc2ccccc2Cl)nc1. The minimum Gasteiger partial charge on any atom is -0.473 e. The largest absolute Gasteiger partial charge is 0.473 e. The first-order chi connectivity index (χ1) is 9.65. The van der Waals surface area contributed by atoms with E-state index >= 15 is 0 Å². The average molecular weight is 291 g/mol.